The molecule has 2 aromatic carbocycles. The highest BCUT2D eigenvalue weighted by Gasteiger charge is 2.34. The topological polar surface area (TPSA) is 70.2 Å². The van der Waals surface area contributed by atoms with Gasteiger partial charge in [0.2, 0.25) is 5.91 Å². The molecular weight excluding hydrogens is 454 g/mol. The first-order valence-corrected chi connectivity index (χ1v) is 13.1. The lowest BCUT2D eigenvalue weighted by Gasteiger charge is -2.33. The first-order valence-electron chi connectivity index (χ1n) is 12.3. The number of thiophene rings is 1. The summed E-state index contributed by atoms with van der Waals surface area (Å²) in [6.45, 7) is 9.64. The first-order chi connectivity index (χ1) is 16.7. The van der Waals surface area contributed by atoms with Gasteiger partial charge in [0.15, 0.2) is 0 Å². The van der Waals surface area contributed by atoms with Crippen molar-refractivity contribution in [1.82, 2.24) is 5.32 Å². The number of aryl methyl sites for hydroxylation is 1. The quantitative estimate of drug-likeness (QED) is 0.371. The minimum Gasteiger partial charge on any atom is -0.322 e. The van der Waals surface area contributed by atoms with Crippen LogP contribution in [0.15, 0.2) is 54.6 Å². The third kappa shape index (κ3) is 6.38. The third-order valence-corrected chi connectivity index (χ3v) is 7.87. The number of nitrogens with one attached hydrogen (secondary N) is 3. The summed E-state index contributed by atoms with van der Waals surface area (Å²) >= 11 is 1.56. The lowest BCUT2D eigenvalue weighted by molar-refractivity contribution is -0.115. The van der Waals surface area contributed by atoms with Crippen molar-refractivity contribution in [2.75, 3.05) is 17.2 Å². The van der Waals surface area contributed by atoms with E-state index >= 15 is 0 Å². The number of anilines is 2. The van der Waals surface area contributed by atoms with E-state index in [1.54, 1.807) is 11.3 Å². The summed E-state index contributed by atoms with van der Waals surface area (Å²) in [5, 5.41) is 9.95. The lowest BCUT2D eigenvalue weighted by Crippen LogP contribution is -2.28. The van der Waals surface area contributed by atoms with Crippen LogP contribution < -0.4 is 16.0 Å². The normalized spacial score (nSPS) is 15.4. The predicted octanol–water partition coefficient (Wildman–Crippen LogP) is 6.19. The van der Waals surface area contributed by atoms with E-state index in [1.165, 1.54) is 4.88 Å². The molecule has 0 fully saturated rings. The summed E-state index contributed by atoms with van der Waals surface area (Å²) < 4.78 is 0. The second kappa shape index (κ2) is 10.8. The second-order valence-corrected chi connectivity index (χ2v) is 11.6. The van der Waals surface area contributed by atoms with Crippen molar-refractivity contribution >= 4 is 33.8 Å². The van der Waals surface area contributed by atoms with E-state index in [0.717, 1.165) is 41.6 Å². The zero-order chi connectivity index (χ0) is 25.0. The average molecular weight is 490 g/mol. The maximum Gasteiger partial charge on any atom is 0.258 e. The molecule has 1 atom stereocenters. The van der Waals surface area contributed by atoms with Crippen LogP contribution in [0.25, 0.3) is 0 Å². The lowest BCUT2D eigenvalue weighted by atomic mass is 9.72. The van der Waals surface area contributed by atoms with Crippen molar-refractivity contribution in [2.24, 2.45) is 11.3 Å². The Kier molecular flexibility index (Phi) is 7.72. The molecule has 3 N–H and O–H groups in total. The summed E-state index contributed by atoms with van der Waals surface area (Å²) in [5.74, 6) is 0.254. The Balaban J connectivity index is 1.53. The molecule has 1 aromatic heterocycles. The minimum atomic E-state index is -0.158. The number of carbonyl (C=O) groups excluding carboxylic acids is 2. The summed E-state index contributed by atoms with van der Waals surface area (Å²) in [7, 11) is 0. The Bertz CT molecular complexity index is 1190. The van der Waals surface area contributed by atoms with Crippen LogP contribution in [0.2, 0.25) is 0 Å². The Labute approximate surface area is 212 Å². The Morgan fingerprint density at radius 1 is 1.03 bits per heavy atom. The van der Waals surface area contributed by atoms with Gasteiger partial charge in [0, 0.05) is 17.1 Å². The van der Waals surface area contributed by atoms with Crippen LogP contribution in [-0.4, -0.2) is 18.4 Å². The van der Waals surface area contributed by atoms with Gasteiger partial charge >= 0.3 is 0 Å². The van der Waals surface area contributed by atoms with Crippen LogP contribution in [-0.2, 0) is 24.2 Å². The summed E-state index contributed by atoms with van der Waals surface area (Å²) in [4.78, 5) is 27.5. The predicted molar refractivity (Wildman–Crippen MR) is 145 cm³/mol. The number of benzene rings is 2. The number of fused-ring (bicyclic) bond motifs is 1. The van der Waals surface area contributed by atoms with Gasteiger partial charge in [0.25, 0.3) is 5.91 Å². The second-order valence-electron chi connectivity index (χ2n) is 10.5. The highest BCUT2D eigenvalue weighted by molar-refractivity contribution is 7.17. The summed E-state index contributed by atoms with van der Waals surface area (Å²) in [5.41, 5.74) is 4.89. The molecule has 2 amide bonds. The fraction of sp³-hybridized carbons (Fsp3) is 0.379. The zero-order valence-electron chi connectivity index (χ0n) is 21.0. The highest BCUT2D eigenvalue weighted by Crippen LogP contribution is 2.44. The standard InChI is InChI=1S/C29H35N3O2S/c1-19-9-8-12-22(15-19)31-27(34)26-23-14-13-21(29(2,3)4)16-24(23)35-28(26)32-25(33)18-30-17-20-10-6-5-7-11-20/h5-12,15,21,30H,13-14,16-18H2,1-4H3,(H,31,34)(H,32,33)/t21-/m1/s1. The first kappa shape index (κ1) is 25.1. The van der Waals surface area contributed by atoms with E-state index in [9.17, 15) is 9.59 Å². The third-order valence-electron chi connectivity index (χ3n) is 6.70. The monoisotopic (exact) mass is 489 g/mol. The van der Waals surface area contributed by atoms with Gasteiger partial charge in [-0.15, -0.1) is 11.3 Å². The molecule has 0 radical (unpaired) electrons. The number of rotatable bonds is 7. The van der Waals surface area contributed by atoms with Crippen molar-refractivity contribution in [3.8, 4) is 0 Å². The summed E-state index contributed by atoms with van der Waals surface area (Å²) in [6.07, 6.45) is 2.84. The molecule has 0 unspecified atom stereocenters. The molecule has 1 aliphatic carbocycles. The van der Waals surface area contributed by atoms with Crippen molar-refractivity contribution < 1.29 is 9.59 Å². The fourth-order valence-electron chi connectivity index (χ4n) is 4.66. The van der Waals surface area contributed by atoms with Crippen LogP contribution in [0, 0.1) is 18.3 Å². The molecule has 1 heterocycles. The Morgan fingerprint density at radius 2 is 1.80 bits per heavy atom. The summed E-state index contributed by atoms with van der Waals surface area (Å²) in [6, 6.07) is 17.8. The minimum absolute atomic E-state index is 0.142. The van der Waals surface area contributed by atoms with E-state index < -0.39 is 0 Å². The molecule has 0 aliphatic heterocycles. The van der Waals surface area contributed by atoms with Crippen LogP contribution in [0.5, 0.6) is 0 Å². The van der Waals surface area contributed by atoms with Crippen molar-refractivity contribution in [3.63, 3.8) is 0 Å². The molecule has 184 valence electrons. The number of hydrogen-bond donors (Lipinski definition) is 3. The molecule has 6 heteroatoms. The molecule has 0 saturated heterocycles. The van der Waals surface area contributed by atoms with Gasteiger partial charge in [0.05, 0.1) is 12.1 Å². The Morgan fingerprint density at radius 3 is 2.51 bits per heavy atom. The largest absolute Gasteiger partial charge is 0.322 e. The van der Waals surface area contributed by atoms with Crippen LogP contribution in [0.3, 0.4) is 0 Å². The average Bonchev–Trinajstić information content (AvgIpc) is 3.16. The molecular formula is C29H35N3O2S. The highest BCUT2D eigenvalue weighted by atomic mass is 32.1. The van der Waals surface area contributed by atoms with Crippen molar-refractivity contribution in [2.45, 2.75) is 53.5 Å². The van der Waals surface area contributed by atoms with Gasteiger partial charge in [-0.05, 0) is 66.3 Å². The van der Waals surface area contributed by atoms with E-state index in [-0.39, 0.29) is 23.8 Å². The molecule has 1 aliphatic rings. The number of amides is 2. The van der Waals surface area contributed by atoms with Gasteiger partial charge in [-0.1, -0.05) is 63.2 Å². The maximum atomic E-state index is 13.5. The Hall–Kier alpha value is -2.96. The molecule has 5 nitrogen and oxygen atoms in total. The van der Waals surface area contributed by atoms with Crippen LogP contribution >= 0.6 is 11.3 Å². The zero-order valence-corrected chi connectivity index (χ0v) is 21.9. The molecule has 0 bridgehead atoms. The SMILES string of the molecule is Cc1cccc(NC(=O)c2c(NC(=O)CNCc3ccccc3)sc3c2CC[C@@H](C(C)(C)C)C3)c1. The molecule has 0 spiro atoms. The van der Waals surface area contributed by atoms with Crippen molar-refractivity contribution in [1.29, 1.82) is 0 Å². The van der Waals surface area contributed by atoms with Gasteiger partial charge in [-0.25, -0.2) is 0 Å². The molecule has 3 aromatic rings. The van der Waals surface area contributed by atoms with E-state index in [0.29, 0.717) is 23.0 Å². The van der Waals surface area contributed by atoms with E-state index in [2.05, 4.69) is 36.7 Å². The van der Waals surface area contributed by atoms with Crippen molar-refractivity contribution in [3.05, 3.63) is 81.7 Å². The van der Waals surface area contributed by atoms with Crippen LogP contribution in [0.1, 0.15) is 59.1 Å². The molecule has 0 saturated carbocycles. The van der Waals surface area contributed by atoms with Gasteiger partial charge in [-0.3, -0.25) is 9.59 Å². The molecule has 4 rings (SSSR count). The van der Waals surface area contributed by atoms with E-state index in [4.69, 9.17) is 0 Å². The number of carbonyl (C=O) groups is 2. The van der Waals surface area contributed by atoms with Gasteiger partial charge in [0.1, 0.15) is 5.00 Å². The van der Waals surface area contributed by atoms with Crippen LogP contribution in [0.4, 0.5) is 10.7 Å². The smallest absolute Gasteiger partial charge is 0.258 e. The number of hydrogen-bond acceptors (Lipinski definition) is 4. The van der Waals surface area contributed by atoms with Gasteiger partial charge in [-0.2, -0.15) is 0 Å². The van der Waals surface area contributed by atoms with Gasteiger partial charge < -0.3 is 16.0 Å². The fourth-order valence-corrected chi connectivity index (χ4v) is 6.00. The maximum absolute atomic E-state index is 13.5. The van der Waals surface area contributed by atoms with E-state index in [1.807, 2.05) is 61.5 Å². The molecule has 35 heavy (non-hydrogen) atoms.